The highest BCUT2D eigenvalue weighted by molar-refractivity contribution is 5.84. The van der Waals surface area contributed by atoms with Gasteiger partial charge in [0.1, 0.15) is 0 Å². The molecule has 0 saturated heterocycles. The maximum Gasteiger partial charge on any atom is 0.0786 e. The minimum Gasteiger partial charge on any atom is -0.252 e. The van der Waals surface area contributed by atoms with Gasteiger partial charge in [0.15, 0.2) is 0 Å². The molecule has 0 aliphatic heterocycles. The van der Waals surface area contributed by atoms with Gasteiger partial charge in [-0.2, -0.15) is 0 Å². The molecule has 3 aromatic rings. The highest BCUT2D eigenvalue weighted by Crippen LogP contribution is 2.35. The number of rotatable bonds is 2. The Morgan fingerprint density at radius 1 is 0.519 bits per heavy atom. The van der Waals surface area contributed by atoms with Crippen LogP contribution in [0.3, 0.4) is 0 Å². The summed E-state index contributed by atoms with van der Waals surface area (Å²) in [4.78, 5) is 4.93. The van der Waals surface area contributed by atoms with Crippen LogP contribution in [-0.2, 0) is 0 Å². The predicted octanol–water partition coefficient (Wildman–Crippen LogP) is 8.01. The number of pyridine rings is 1. The van der Waals surface area contributed by atoms with Gasteiger partial charge in [-0.05, 0) is 51.3 Å². The molecule has 1 aromatic heterocycles. The highest BCUT2D eigenvalue weighted by Gasteiger charge is 2.15. The van der Waals surface area contributed by atoms with Crippen LogP contribution in [-0.4, -0.2) is 4.98 Å². The monoisotopic (exact) mass is 361 g/mol. The Labute approximate surface area is 166 Å². The standard InChI is InChI=1S/C22H23N.2C2H6/c1-14-6-10-19(11-7-14)21-17(4)16(3)18(5)23-22(21)20-12-8-15(2)9-13-20;2*1-2/h6-13H,1-5H3;2*1-2H3. The first kappa shape index (κ1) is 22.6. The molecule has 0 radical (unpaired) electrons. The van der Waals surface area contributed by atoms with Crippen molar-refractivity contribution < 1.29 is 0 Å². The van der Waals surface area contributed by atoms with E-state index < -0.39 is 0 Å². The Bertz CT molecular complexity index is 841. The lowest BCUT2D eigenvalue weighted by atomic mass is 9.91. The average molecular weight is 362 g/mol. The quantitative estimate of drug-likeness (QED) is 0.450. The van der Waals surface area contributed by atoms with Crippen molar-refractivity contribution in [2.75, 3.05) is 0 Å². The Morgan fingerprint density at radius 3 is 1.37 bits per heavy atom. The molecule has 0 spiro atoms. The zero-order chi connectivity index (χ0) is 20.6. The summed E-state index contributed by atoms with van der Waals surface area (Å²) in [5.74, 6) is 0. The van der Waals surface area contributed by atoms with Gasteiger partial charge in [-0.15, -0.1) is 0 Å². The minimum atomic E-state index is 1.08. The predicted molar refractivity (Wildman–Crippen MR) is 121 cm³/mol. The van der Waals surface area contributed by atoms with E-state index in [1.807, 2.05) is 27.7 Å². The topological polar surface area (TPSA) is 12.9 Å². The fourth-order valence-corrected chi connectivity index (χ4v) is 2.94. The molecule has 0 bridgehead atoms. The molecule has 0 fully saturated rings. The summed E-state index contributed by atoms with van der Waals surface area (Å²) < 4.78 is 0. The van der Waals surface area contributed by atoms with Crippen molar-refractivity contribution >= 4 is 0 Å². The van der Waals surface area contributed by atoms with E-state index in [-0.39, 0.29) is 0 Å². The first-order chi connectivity index (χ1) is 13.0. The van der Waals surface area contributed by atoms with Gasteiger partial charge in [0.05, 0.1) is 5.69 Å². The van der Waals surface area contributed by atoms with E-state index in [9.17, 15) is 0 Å². The van der Waals surface area contributed by atoms with Crippen LogP contribution >= 0.6 is 0 Å². The molecule has 0 unspecified atom stereocenters. The number of nitrogens with zero attached hydrogens (tertiary/aromatic N) is 1. The maximum atomic E-state index is 4.93. The second-order valence-corrected chi connectivity index (χ2v) is 6.40. The van der Waals surface area contributed by atoms with E-state index in [2.05, 4.69) is 83.1 Å². The van der Waals surface area contributed by atoms with Crippen molar-refractivity contribution in [2.24, 2.45) is 0 Å². The lowest BCUT2D eigenvalue weighted by Gasteiger charge is -2.17. The molecule has 2 aromatic carbocycles. The van der Waals surface area contributed by atoms with Gasteiger partial charge < -0.3 is 0 Å². The normalized spacial score (nSPS) is 9.67. The molecule has 1 nitrogen and oxygen atoms in total. The Morgan fingerprint density at radius 2 is 0.926 bits per heavy atom. The molecule has 0 atom stereocenters. The fourth-order valence-electron chi connectivity index (χ4n) is 2.94. The first-order valence-corrected chi connectivity index (χ1v) is 10.1. The molecule has 0 aliphatic rings. The van der Waals surface area contributed by atoms with Crippen molar-refractivity contribution in [3.05, 3.63) is 76.5 Å². The van der Waals surface area contributed by atoms with Gasteiger partial charge in [-0.25, -0.2) is 0 Å². The molecule has 1 heterocycles. The van der Waals surface area contributed by atoms with Crippen LogP contribution in [0, 0.1) is 34.6 Å². The third-order valence-electron chi connectivity index (χ3n) is 4.66. The maximum absolute atomic E-state index is 4.93. The van der Waals surface area contributed by atoms with E-state index in [0.29, 0.717) is 0 Å². The van der Waals surface area contributed by atoms with E-state index in [1.165, 1.54) is 38.9 Å². The van der Waals surface area contributed by atoms with Gasteiger partial charge >= 0.3 is 0 Å². The molecule has 144 valence electrons. The van der Waals surface area contributed by atoms with Gasteiger partial charge in [-0.1, -0.05) is 87.4 Å². The number of aromatic nitrogens is 1. The van der Waals surface area contributed by atoms with Gasteiger partial charge in [0, 0.05) is 16.8 Å². The molecule has 3 rings (SSSR count). The fraction of sp³-hybridized carbons (Fsp3) is 0.346. The summed E-state index contributed by atoms with van der Waals surface area (Å²) in [5.41, 5.74) is 11.0. The van der Waals surface area contributed by atoms with E-state index >= 15 is 0 Å². The van der Waals surface area contributed by atoms with Crippen LogP contribution in [0.5, 0.6) is 0 Å². The summed E-state index contributed by atoms with van der Waals surface area (Å²) in [5, 5.41) is 0. The molecular weight excluding hydrogens is 326 g/mol. The number of aryl methyl sites for hydroxylation is 3. The van der Waals surface area contributed by atoms with Gasteiger partial charge in [0.2, 0.25) is 0 Å². The Balaban J connectivity index is 0.000000855. The number of hydrogen-bond donors (Lipinski definition) is 0. The lowest BCUT2D eigenvalue weighted by molar-refractivity contribution is 1.13. The zero-order valence-corrected chi connectivity index (χ0v) is 18.6. The zero-order valence-electron chi connectivity index (χ0n) is 18.6. The van der Waals surface area contributed by atoms with Gasteiger partial charge in [0.25, 0.3) is 0 Å². The first-order valence-electron chi connectivity index (χ1n) is 10.1. The van der Waals surface area contributed by atoms with Crippen molar-refractivity contribution in [1.29, 1.82) is 0 Å². The van der Waals surface area contributed by atoms with E-state index in [4.69, 9.17) is 4.98 Å². The third kappa shape index (κ3) is 5.29. The van der Waals surface area contributed by atoms with Crippen molar-refractivity contribution in [3.63, 3.8) is 0 Å². The summed E-state index contributed by atoms with van der Waals surface area (Å²) in [6, 6.07) is 17.4. The molecule has 0 N–H and O–H groups in total. The summed E-state index contributed by atoms with van der Waals surface area (Å²) in [7, 11) is 0. The molecule has 0 saturated carbocycles. The van der Waals surface area contributed by atoms with Crippen LogP contribution in [0.1, 0.15) is 55.6 Å². The van der Waals surface area contributed by atoms with Gasteiger partial charge in [-0.3, -0.25) is 4.98 Å². The second kappa shape index (κ2) is 10.7. The lowest BCUT2D eigenvalue weighted by Crippen LogP contribution is -2.00. The molecule has 0 aliphatic carbocycles. The Hall–Kier alpha value is -2.41. The van der Waals surface area contributed by atoms with Crippen LogP contribution in [0.25, 0.3) is 22.4 Å². The van der Waals surface area contributed by atoms with Crippen molar-refractivity contribution in [1.82, 2.24) is 4.98 Å². The SMILES string of the molecule is CC.CC.Cc1ccc(-c2nc(C)c(C)c(C)c2-c2ccc(C)cc2)cc1. The second-order valence-electron chi connectivity index (χ2n) is 6.40. The van der Waals surface area contributed by atoms with Crippen LogP contribution in [0.4, 0.5) is 0 Å². The number of hydrogen-bond acceptors (Lipinski definition) is 1. The summed E-state index contributed by atoms with van der Waals surface area (Å²) >= 11 is 0. The average Bonchev–Trinajstić information content (AvgIpc) is 2.71. The van der Waals surface area contributed by atoms with Crippen LogP contribution in [0.2, 0.25) is 0 Å². The Kier molecular flexibility index (Phi) is 8.94. The van der Waals surface area contributed by atoms with Crippen molar-refractivity contribution in [2.45, 2.75) is 62.3 Å². The smallest absolute Gasteiger partial charge is 0.0786 e. The number of benzene rings is 2. The van der Waals surface area contributed by atoms with Crippen LogP contribution < -0.4 is 0 Å². The van der Waals surface area contributed by atoms with E-state index in [1.54, 1.807) is 0 Å². The molecule has 0 amide bonds. The van der Waals surface area contributed by atoms with Crippen molar-refractivity contribution in [3.8, 4) is 22.4 Å². The third-order valence-corrected chi connectivity index (χ3v) is 4.66. The minimum absolute atomic E-state index is 1.08. The molecular formula is C26H35N. The molecule has 1 heteroatoms. The summed E-state index contributed by atoms with van der Waals surface area (Å²) in [6.45, 7) is 18.7. The summed E-state index contributed by atoms with van der Waals surface area (Å²) in [6.07, 6.45) is 0. The largest absolute Gasteiger partial charge is 0.252 e. The highest BCUT2D eigenvalue weighted by atomic mass is 14.7. The van der Waals surface area contributed by atoms with E-state index in [0.717, 1.165) is 11.4 Å². The molecule has 27 heavy (non-hydrogen) atoms. The van der Waals surface area contributed by atoms with Crippen LogP contribution in [0.15, 0.2) is 48.5 Å².